The molecule has 0 aliphatic carbocycles. The second-order valence-corrected chi connectivity index (χ2v) is 1.50. The molecular weight excluding hydrogens is 122 g/mol. The van der Waals surface area contributed by atoms with E-state index >= 15 is 0 Å². The third-order valence-corrected chi connectivity index (χ3v) is 0.830. The van der Waals surface area contributed by atoms with Gasteiger partial charge in [-0.2, -0.15) is 5.10 Å². The molecule has 0 spiro atoms. The molecule has 0 saturated heterocycles. The number of hydrogen-bond acceptors (Lipinski definition) is 3. The summed E-state index contributed by atoms with van der Waals surface area (Å²) in [5, 5.41) is 13.4. The van der Waals surface area contributed by atoms with Crippen molar-refractivity contribution in [2.24, 2.45) is 0 Å². The van der Waals surface area contributed by atoms with E-state index in [0.29, 0.717) is 0 Å². The summed E-state index contributed by atoms with van der Waals surface area (Å²) in [4.78, 5) is 9.42. The highest BCUT2D eigenvalue weighted by molar-refractivity contribution is 5.20. The Balaban J connectivity index is 2.98. The molecule has 0 fully saturated rings. The molecule has 5 heteroatoms. The fourth-order valence-corrected chi connectivity index (χ4v) is 0.447. The van der Waals surface area contributed by atoms with Gasteiger partial charge in [-0.15, -0.1) is 0 Å². The number of hydrogen-bond donors (Lipinski definition) is 0. The first kappa shape index (κ1) is 5.74. The maximum Gasteiger partial charge on any atom is 0.306 e. The first-order valence-corrected chi connectivity index (χ1v) is 2.20. The second-order valence-electron chi connectivity index (χ2n) is 1.50. The van der Waals surface area contributed by atoms with Gasteiger partial charge in [0, 0.05) is 0 Å². The highest BCUT2D eigenvalue weighted by Crippen LogP contribution is 2.05. The third-order valence-electron chi connectivity index (χ3n) is 0.830. The molecule has 9 heavy (non-hydrogen) atoms. The smallest absolute Gasteiger partial charge is 0.264 e. The van der Waals surface area contributed by atoms with Crippen LogP contribution in [0.2, 0.25) is 0 Å². The average Bonchev–Trinajstić information content (AvgIpc) is 2.14. The Kier molecular flexibility index (Phi) is 1.18. The maximum absolute atomic E-state index is 9.94. The Morgan fingerprint density at radius 3 is 2.78 bits per heavy atom. The number of aromatic nitrogens is 2. The van der Waals surface area contributed by atoms with E-state index < -0.39 is 4.92 Å². The molecule has 1 radical (unpaired) electrons. The van der Waals surface area contributed by atoms with Crippen molar-refractivity contribution in [3.8, 4) is 0 Å². The molecular formula is C4H4N3O2. The zero-order chi connectivity index (χ0) is 6.85. The van der Waals surface area contributed by atoms with Crippen LogP contribution >= 0.6 is 0 Å². The zero-order valence-corrected chi connectivity index (χ0v) is 4.52. The Labute approximate surface area is 51.1 Å². The fraction of sp³-hybridized carbons (Fsp3) is 0. The molecule has 0 bridgehead atoms. The highest BCUT2D eigenvalue weighted by Gasteiger charge is 2.05. The summed E-state index contributed by atoms with van der Waals surface area (Å²) in [7, 11) is 3.32. The number of rotatable bonds is 1. The summed E-state index contributed by atoms with van der Waals surface area (Å²) in [6, 6.07) is 0. The van der Waals surface area contributed by atoms with Gasteiger partial charge in [0.2, 0.25) is 0 Å². The van der Waals surface area contributed by atoms with E-state index in [1.54, 1.807) is 0 Å². The minimum Gasteiger partial charge on any atom is -0.264 e. The largest absolute Gasteiger partial charge is 0.306 e. The molecule has 5 nitrogen and oxygen atoms in total. The van der Waals surface area contributed by atoms with Crippen molar-refractivity contribution in [2.75, 3.05) is 0 Å². The van der Waals surface area contributed by atoms with Crippen LogP contribution in [0.5, 0.6) is 0 Å². The molecule has 0 aliphatic heterocycles. The van der Waals surface area contributed by atoms with Crippen molar-refractivity contribution < 1.29 is 4.92 Å². The lowest BCUT2D eigenvalue weighted by Crippen LogP contribution is -1.84. The Morgan fingerprint density at radius 2 is 2.56 bits per heavy atom. The molecule has 0 amide bonds. The number of nitrogens with zero attached hydrogens (tertiary/aromatic N) is 3. The van der Waals surface area contributed by atoms with Gasteiger partial charge in [0.25, 0.3) is 0 Å². The summed E-state index contributed by atoms with van der Waals surface area (Å²) < 4.78 is 1.14. The van der Waals surface area contributed by atoms with Crippen LogP contribution in [-0.2, 0) is 0 Å². The SMILES string of the molecule is [CH2]n1cc([N+](=O)[O-])cn1. The molecule has 0 saturated carbocycles. The minimum absolute atomic E-state index is 0.0370. The van der Waals surface area contributed by atoms with E-state index in [9.17, 15) is 10.1 Å². The molecule has 1 heterocycles. The minimum atomic E-state index is -0.519. The van der Waals surface area contributed by atoms with Gasteiger partial charge in [0.1, 0.15) is 12.4 Å². The van der Waals surface area contributed by atoms with E-state index in [4.69, 9.17) is 0 Å². The Bertz CT molecular complexity index is 229. The van der Waals surface area contributed by atoms with E-state index in [-0.39, 0.29) is 5.69 Å². The molecule has 0 unspecified atom stereocenters. The molecule has 1 aromatic heterocycles. The standard InChI is InChI=1S/C4H4N3O2/c1-6-3-4(2-5-6)7(8)9/h2-3H,1H2. The van der Waals surface area contributed by atoms with Crippen LogP contribution in [0.1, 0.15) is 0 Å². The van der Waals surface area contributed by atoms with Crippen LogP contribution in [0.4, 0.5) is 5.69 Å². The Hall–Kier alpha value is -1.39. The van der Waals surface area contributed by atoms with Crippen molar-refractivity contribution in [2.45, 2.75) is 0 Å². The van der Waals surface area contributed by atoms with E-state index in [0.717, 1.165) is 10.9 Å². The first-order valence-electron chi connectivity index (χ1n) is 2.20. The molecule has 47 valence electrons. The molecule has 0 N–H and O–H groups in total. The monoisotopic (exact) mass is 126 g/mol. The van der Waals surface area contributed by atoms with Gasteiger partial charge in [-0.1, -0.05) is 0 Å². The van der Waals surface area contributed by atoms with Crippen LogP contribution in [0.15, 0.2) is 12.4 Å². The lowest BCUT2D eigenvalue weighted by atomic mass is 10.6. The van der Waals surface area contributed by atoms with Crippen LogP contribution in [0.25, 0.3) is 0 Å². The average molecular weight is 126 g/mol. The third kappa shape index (κ3) is 1.04. The lowest BCUT2D eigenvalue weighted by Gasteiger charge is -1.79. The summed E-state index contributed by atoms with van der Waals surface area (Å²) in [6.07, 6.45) is 2.38. The molecule has 0 atom stereocenters. The highest BCUT2D eigenvalue weighted by atomic mass is 16.6. The molecule has 0 aromatic carbocycles. The van der Waals surface area contributed by atoms with Gasteiger partial charge >= 0.3 is 5.69 Å². The van der Waals surface area contributed by atoms with E-state index in [2.05, 4.69) is 12.1 Å². The van der Waals surface area contributed by atoms with Crippen LogP contribution in [0.3, 0.4) is 0 Å². The second kappa shape index (κ2) is 1.85. The van der Waals surface area contributed by atoms with Crippen molar-refractivity contribution in [3.05, 3.63) is 29.6 Å². The maximum atomic E-state index is 9.94. The van der Waals surface area contributed by atoms with Crippen LogP contribution < -0.4 is 0 Å². The summed E-state index contributed by atoms with van der Waals surface area (Å²) in [5.74, 6) is 0. The molecule has 0 aliphatic rings. The fourth-order valence-electron chi connectivity index (χ4n) is 0.447. The molecule has 1 aromatic rings. The predicted molar refractivity (Wildman–Crippen MR) is 29.6 cm³/mol. The van der Waals surface area contributed by atoms with Gasteiger partial charge in [0.05, 0.1) is 12.0 Å². The van der Waals surface area contributed by atoms with Gasteiger partial charge in [-0.05, 0) is 0 Å². The zero-order valence-electron chi connectivity index (χ0n) is 4.52. The molecule has 1 rings (SSSR count). The van der Waals surface area contributed by atoms with Crippen molar-refractivity contribution in [3.63, 3.8) is 0 Å². The summed E-state index contributed by atoms with van der Waals surface area (Å²) in [5.41, 5.74) is -0.0370. The van der Waals surface area contributed by atoms with Gasteiger partial charge in [0.15, 0.2) is 0 Å². The summed E-state index contributed by atoms with van der Waals surface area (Å²) in [6.45, 7) is 0. The van der Waals surface area contributed by atoms with Crippen LogP contribution in [0, 0.1) is 17.2 Å². The van der Waals surface area contributed by atoms with E-state index in [1.165, 1.54) is 6.20 Å². The quantitative estimate of drug-likeness (QED) is 0.405. The lowest BCUT2D eigenvalue weighted by molar-refractivity contribution is -0.384. The summed E-state index contributed by atoms with van der Waals surface area (Å²) >= 11 is 0. The van der Waals surface area contributed by atoms with Gasteiger partial charge < -0.3 is 0 Å². The van der Waals surface area contributed by atoms with Crippen molar-refractivity contribution in [1.29, 1.82) is 0 Å². The first-order chi connectivity index (χ1) is 4.20. The van der Waals surface area contributed by atoms with Gasteiger partial charge in [-0.25, -0.2) is 0 Å². The van der Waals surface area contributed by atoms with Crippen molar-refractivity contribution >= 4 is 5.69 Å². The van der Waals surface area contributed by atoms with Gasteiger partial charge in [-0.3, -0.25) is 14.8 Å². The predicted octanol–water partition coefficient (Wildman–Crippen LogP) is 0.431. The van der Waals surface area contributed by atoms with Crippen molar-refractivity contribution in [1.82, 2.24) is 9.78 Å². The van der Waals surface area contributed by atoms with Crippen LogP contribution in [-0.4, -0.2) is 14.7 Å². The normalized spacial score (nSPS) is 9.44. The topological polar surface area (TPSA) is 61.0 Å². The Morgan fingerprint density at radius 1 is 1.89 bits per heavy atom. The van der Waals surface area contributed by atoms with E-state index in [1.807, 2.05) is 0 Å². The number of nitro groups is 1.